The molecule has 0 amide bonds. The van der Waals surface area contributed by atoms with Crippen molar-refractivity contribution in [2.45, 2.75) is 59.0 Å². The Morgan fingerprint density at radius 1 is 1.41 bits per heavy atom. The van der Waals surface area contributed by atoms with Crippen LogP contribution in [-0.4, -0.2) is 6.04 Å². The molecule has 0 saturated heterocycles. The van der Waals surface area contributed by atoms with E-state index in [4.69, 9.17) is 4.42 Å². The first-order valence-electron chi connectivity index (χ1n) is 6.76. The van der Waals surface area contributed by atoms with Gasteiger partial charge in [0.15, 0.2) is 0 Å². The monoisotopic (exact) mass is 235 g/mol. The minimum absolute atomic E-state index is 0.316. The van der Waals surface area contributed by atoms with E-state index in [1.54, 1.807) is 6.26 Å². The summed E-state index contributed by atoms with van der Waals surface area (Å²) < 4.78 is 5.45. The molecule has 2 rings (SSSR count). The lowest BCUT2D eigenvalue weighted by molar-refractivity contribution is 0.143. The van der Waals surface area contributed by atoms with Gasteiger partial charge in [0, 0.05) is 6.04 Å². The van der Waals surface area contributed by atoms with Crippen molar-refractivity contribution in [1.82, 2.24) is 5.32 Å². The van der Waals surface area contributed by atoms with Crippen LogP contribution in [0.1, 0.15) is 58.8 Å². The molecule has 1 aromatic heterocycles. The molecule has 1 heterocycles. The third kappa shape index (κ3) is 3.35. The van der Waals surface area contributed by atoms with Crippen LogP contribution in [0.25, 0.3) is 0 Å². The Labute approximate surface area is 105 Å². The van der Waals surface area contributed by atoms with E-state index >= 15 is 0 Å². The molecule has 1 aliphatic rings. The van der Waals surface area contributed by atoms with E-state index < -0.39 is 0 Å². The zero-order valence-corrected chi connectivity index (χ0v) is 11.5. The van der Waals surface area contributed by atoms with Crippen molar-refractivity contribution >= 4 is 0 Å². The molecule has 1 fully saturated rings. The van der Waals surface area contributed by atoms with Crippen LogP contribution in [0.4, 0.5) is 0 Å². The standard InChI is InChI=1S/C15H25NO/c1-11-8-13(10-15(3,4)9-11)16-12(2)14-6-5-7-17-14/h5-7,11-13,16H,8-10H2,1-4H3/t11?,12-,13?/m0/s1. The number of nitrogens with one attached hydrogen (secondary N) is 1. The van der Waals surface area contributed by atoms with Crippen molar-refractivity contribution in [3.8, 4) is 0 Å². The fourth-order valence-electron chi connectivity index (χ4n) is 3.45. The summed E-state index contributed by atoms with van der Waals surface area (Å²) in [5.41, 5.74) is 0.470. The summed E-state index contributed by atoms with van der Waals surface area (Å²) in [5.74, 6) is 1.86. The lowest BCUT2D eigenvalue weighted by atomic mass is 9.70. The predicted molar refractivity (Wildman–Crippen MR) is 70.8 cm³/mol. The summed E-state index contributed by atoms with van der Waals surface area (Å²) >= 11 is 0. The summed E-state index contributed by atoms with van der Waals surface area (Å²) in [7, 11) is 0. The fraction of sp³-hybridized carbons (Fsp3) is 0.733. The average molecular weight is 235 g/mol. The molecule has 2 unspecified atom stereocenters. The maximum Gasteiger partial charge on any atom is 0.120 e. The van der Waals surface area contributed by atoms with Gasteiger partial charge >= 0.3 is 0 Å². The first-order chi connectivity index (χ1) is 7.96. The number of furan rings is 1. The molecule has 1 saturated carbocycles. The Bertz CT molecular complexity index is 342. The molecule has 2 nitrogen and oxygen atoms in total. The van der Waals surface area contributed by atoms with Crippen LogP contribution in [0.3, 0.4) is 0 Å². The second-order valence-corrected chi connectivity index (χ2v) is 6.51. The van der Waals surface area contributed by atoms with Crippen LogP contribution in [0, 0.1) is 11.3 Å². The van der Waals surface area contributed by atoms with Crippen LogP contribution in [0.2, 0.25) is 0 Å². The van der Waals surface area contributed by atoms with Crippen molar-refractivity contribution in [2.75, 3.05) is 0 Å². The second-order valence-electron chi connectivity index (χ2n) is 6.51. The van der Waals surface area contributed by atoms with Gasteiger partial charge in [0.1, 0.15) is 5.76 Å². The van der Waals surface area contributed by atoms with E-state index in [9.17, 15) is 0 Å². The highest BCUT2D eigenvalue weighted by Crippen LogP contribution is 2.39. The molecule has 2 heteroatoms. The SMILES string of the molecule is CC1CC(N[C@@H](C)c2ccco2)CC(C)(C)C1. The number of hydrogen-bond donors (Lipinski definition) is 1. The van der Waals surface area contributed by atoms with E-state index in [-0.39, 0.29) is 0 Å². The first kappa shape index (κ1) is 12.7. The van der Waals surface area contributed by atoms with Gasteiger partial charge in [-0.05, 0) is 49.7 Å². The van der Waals surface area contributed by atoms with Crippen LogP contribution in [0.15, 0.2) is 22.8 Å². The van der Waals surface area contributed by atoms with Gasteiger partial charge in [0.2, 0.25) is 0 Å². The van der Waals surface area contributed by atoms with Crippen molar-refractivity contribution in [3.05, 3.63) is 24.2 Å². The largest absolute Gasteiger partial charge is 0.468 e. The summed E-state index contributed by atoms with van der Waals surface area (Å²) in [6.45, 7) is 9.32. The molecular weight excluding hydrogens is 210 g/mol. The molecule has 17 heavy (non-hydrogen) atoms. The lowest BCUT2D eigenvalue weighted by Crippen LogP contribution is -2.41. The highest BCUT2D eigenvalue weighted by Gasteiger charge is 2.32. The van der Waals surface area contributed by atoms with E-state index in [1.807, 2.05) is 6.07 Å². The third-order valence-electron chi connectivity index (χ3n) is 3.84. The fourth-order valence-corrected chi connectivity index (χ4v) is 3.45. The van der Waals surface area contributed by atoms with E-state index in [0.29, 0.717) is 17.5 Å². The van der Waals surface area contributed by atoms with Crippen LogP contribution < -0.4 is 5.32 Å². The van der Waals surface area contributed by atoms with Gasteiger partial charge in [-0.25, -0.2) is 0 Å². The van der Waals surface area contributed by atoms with Crippen LogP contribution in [-0.2, 0) is 0 Å². The molecule has 1 N–H and O–H groups in total. The zero-order chi connectivity index (χ0) is 12.5. The Morgan fingerprint density at radius 3 is 2.76 bits per heavy atom. The molecule has 96 valence electrons. The number of hydrogen-bond acceptors (Lipinski definition) is 2. The average Bonchev–Trinajstić information content (AvgIpc) is 2.65. The first-order valence-corrected chi connectivity index (χ1v) is 6.76. The van der Waals surface area contributed by atoms with Crippen molar-refractivity contribution in [1.29, 1.82) is 0 Å². The summed E-state index contributed by atoms with van der Waals surface area (Å²) in [4.78, 5) is 0. The van der Waals surface area contributed by atoms with Crippen LogP contribution >= 0.6 is 0 Å². The van der Waals surface area contributed by atoms with E-state index in [1.165, 1.54) is 19.3 Å². The molecule has 0 aromatic carbocycles. The Hall–Kier alpha value is -0.760. The molecule has 0 bridgehead atoms. The minimum atomic E-state index is 0.316. The molecule has 0 radical (unpaired) electrons. The van der Waals surface area contributed by atoms with Crippen LogP contribution in [0.5, 0.6) is 0 Å². The number of rotatable bonds is 3. The summed E-state index contributed by atoms with van der Waals surface area (Å²) in [6, 6.07) is 4.95. The molecular formula is C15H25NO. The lowest BCUT2D eigenvalue weighted by Gasteiger charge is -2.40. The molecule has 3 atom stereocenters. The van der Waals surface area contributed by atoms with Gasteiger partial charge in [-0.2, -0.15) is 0 Å². The van der Waals surface area contributed by atoms with Gasteiger partial charge in [-0.3, -0.25) is 0 Å². The maximum atomic E-state index is 5.45. The molecule has 0 aliphatic heterocycles. The van der Waals surface area contributed by atoms with Crippen molar-refractivity contribution in [2.24, 2.45) is 11.3 Å². The van der Waals surface area contributed by atoms with Gasteiger partial charge < -0.3 is 9.73 Å². The predicted octanol–water partition coefficient (Wildman–Crippen LogP) is 4.15. The second kappa shape index (κ2) is 4.85. The van der Waals surface area contributed by atoms with Gasteiger partial charge in [0.05, 0.1) is 12.3 Å². The maximum absolute atomic E-state index is 5.45. The minimum Gasteiger partial charge on any atom is -0.468 e. The third-order valence-corrected chi connectivity index (χ3v) is 3.84. The summed E-state index contributed by atoms with van der Waals surface area (Å²) in [6.07, 6.45) is 5.65. The smallest absolute Gasteiger partial charge is 0.120 e. The Morgan fingerprint density at radius 2 is 2.18 bits per heavy atom. The Kier molecular flexibility index (Phi) is 3.62. The topological polar surface area (TPSA) is 25.2 Å². The highest BCUT2D eigenvalue weighted by molar-refractivity contribution is 5.04. The van der Waals surface area contributed by atoms with Crippen molar-refractivity contribution in [3.63, 3.8) is 0 Å². The molecule has 0 spiro atoms. The summed E-state index contributed by atoms with van der Waals surface area (Å²) in [5, 5.41) is 3.71. The quantitative estimate of drug-likeness (QED) is 0.851. The van der Waals surface area contributed by atoms with Gasteiger partial charge in [0.25, 0.3) is 0 Å². The molecule has 1 aliphatic carbocycles. The molecule has 1 aromatic rings. The normalized spacial score (nSPS) is 30.1. The highest BCUT2D eigenvalue weighted by atomic mass is 16.3. The van der Waals surface area contributed by atoms with E-state index in [0.717, 1.165) is 11.7 Å². The van der Waals surface area contributed by atoms with Gasteiger partial charge in [-0.1, -0.05) is 20.8 Å². The van der Waals surface area contributed by atoms with Gasteiger partial charge in [-0.15, -0.1) is 0 Å². The Balaban J connectivity index is 1.94. The van der Waals surface area contributed by atoms with Crippen molar-refractivity contribution < 1.29 is 4.42 Å². The van der Waals surface area contributed by atoms with E-state index in [2.05, 4.69) is 39.1 Å². The zero-order valence-electron chi connectivity index (χ0n) is 11.5.